The summed E-state index contributed by atoms with van der Waals surface area (Å²) in [5, 5.41) is 0. The van der Waals surface area contributed by atoms with Gasteiger partial charge in [0.1, 0.15) is 11.6 Å². The summed E-state index contributed by atoms with van der Waals surface area (Å²) < 4.78 is 0. The van der Waals surface area contributed by atoms with E-state index >= 15 is 0 Å². The van der Waals surface area contributed by atoms with Gasteiger partial charge in [-0.2, -0.15) is 0 Å². The molecule has 0 aliphatic heterocycles. The van der Waals surface area contributed by atoms with Gasteiger partial charge in [0.05, 0.1) is 0 Å². The van der Waals surface area contributed by atoms with Crippen LogP contribution in [0.5, 0.6) is 0 Å². The molecule has 7 atom stereocenters. The Morgan fingerprint density at radius 2 is 1.78 bits per heavy atom. The minimum absolute atomic E-state index is 0.000942. The van der Waals surface area contributed by atoms with E-state index in [0.29, 0.717) is 28.8 Å². The van der Waals surface area contributed by atoms with Crippen LogP contribution in [0.15, 0.2) is 0 Å². The second kappa shape index (κ2) is 5.17. The zero-order chi connectivity index (χ0) is 16.4. The first-order chi connectivity index (χ1) is 10.9. The third kappa shape index (κ3) is 2.12. The molecule has 2 heteroatoms. The zero-order valence-electron chi connectivity index (χ0n) is 15.1. The molecule has 4 rings (SSSR count). The lowest BCUT2D eigenvalue weighted by atomic mass is 9.44. The van der Waals surface area contributed by atoms with E-state index in [1.807, 2.05) is 0 Å². The zero-order valence-corrected chi connectivity index (χ0v) is 15.1. The standard InChI is InChI=1S/C21H32O2/c1-13(22)14-8-10-20(2)15(12-14)4-5-16-17-6-7-19(23)21(17,3)11-9-18(16)20/h14-18H,4-12H2,1-3H3/t14-,15-,16+,17+,18+,20+,21+/m1/s1. The van der Waals surface area contributed by atoms with Gasteiger partial charge in [-0.25, -0.2) is 0 Å². The predicted octanol–water partition coefficient (Wildman–Crippen LogP) is 4.80. The van der Waals surface area contributed by atoms with Crippen molar-refractivity contribution < 1.29 is 9.59 Å². The fourth-order valence-electron chi connectivity index (χ4n) is 7.40. The van der Waals surface area contributed by atoms with Gasteiger partial charge in [-0.05, 0) is 87.4 Å². The molecule has 0 amide bonds. The number of rotatable bonds is 1. The van der Waals surface area contributed by atoms with E-state index in [1.54, 1.807) is 6.92 Å². The van der Waals surface area contributed by atoms with Crippen LogP contribution in [-0.4, -0.2) is 11.6 Å². The van der Waals surface area contributed by atoms with Gasteiger partial charge in [0.2, 0.25) is 0 Å². The molecule has 4 aliphatic carbocycles. The Hall–Kier alpha value is -0.660. The van der Waals surface area contributed by atoms with E-state index in [-0.39, 0.29) is 5.41 Å². The average Bonchev–Trinajstić information content (AvgIpc) is 2.82. The molecule has 0 heterocycles. The van der Waals surface area contributed by atoms with Crippen LogP contribution in [0.3, 0.4) is 0 Å². The lowest BCUT2D eigenvalue weighted by molar-refractivity contribution is -0.143. The third-order valence-corrected chi connectivity index (χ3v) is 8.95. The maximum absolute atomic E-state index is 12.4. The van der Waals surface area contributed by atoms with Crippen molar-refractivity contribution >= 4 is 11.6 Å². The van der Waals surface area contributed by atoms with Crippen LogP contribution in [0.4, 0.5) is 0 Å². The molecule has 4 aliphatic rings. The molecule has 0 unspecified atom stereocenters. The summed E-state index contributed by atoms with van der Waals surface area (Å²) in [5.74, 6) is 4.25. The summed E-state index contributed by atoms with van der Waals surface area (Å²) in [5.41, 5.74) is 0.433. The van der Waals surface area contributed by atoms with Crippen LogP contribution in [0.1, 0.15) is 78.6 Å². The highest BCUT2D eigenvalue weighted by atomic mass is 16.1. The van der Waals surface area contributed by atoms with Crippen molar-refractivity contribution in [3.05, 3.63) is 0 Å². The fourth-order valence-corrected chi connectivity index (χ4v) is 7.40. The molecule has 0 aromatic heterocycles. The number of carbonyl (C=O) groups excluding carboxylic acids is 2. The van der Waals surface area contributed by atoms with Gasteiger partial charge in [0.15, 0.2) is 0 Å². The maximum Gasteiger partial charge on any atom is 0.139 e. The molecule has 2 nitrogen and oxygen atoms in total. The second-order valence-electron chi connectivity index (χ2n) is 9.66. The predicted molar refractivity (Wildman–Crippen MR) is 90.9 cm³/mol. The van der Waals surface area contributed by atoms with Gasteiger partial charge < -0.3 is 0 Å². The average molecular weight is 316 g/mol. The quantitative estimate of drug-likeness (QED) is 0.696. The van der Waals surface area contributed by atoms with E-state index < -0.39 is 0 Å². The minimum atomic E-state index is 0.000942. The lowest BCUT2D eigenvalue weighted by Crippen LogP contribution is -2.53. The topological polar surface area (TPSA) is 34.1 Å². The first-order valence-electron chi connectivity index (χ1n) is 9.90. The molecular weight excluding hydrogens is 284 g/mol. The van der Waals surface area contributed by atoms with Gasteiger partial charge in [0.25, 0.3) is 0 Å². The first kappa shape index (κ1) is 15.8. The largest absolute Gasteiger partial charge is 0.300 e. The summed E-state index contributed by atoms with van der Waals surface area (Å²) in [4.78, 5) is 24.3. The lowest BCUT2D eigenvalue weighted by Gasteiger charge is -2.60. The van der Waals surface area contributed by atoms with Gasteiger partial charge in [-0.15, -0.1) is 0 Å². The molecule has 4 fully saturated rings. The van der Waals surface area contributed by atoms with Crippen molar-refractivity contribution in [1.29, 1.82) is 0 Å². The van der Waals surface area contributed by atoms with E-state index in [2.05, 4.69) is 13.8 Å². The van der Waals surface area contributed by atoms with Crippen molar-refractivity contribution in [2.45, 2.75) is 78.6 Å². The van der Waals surface area contributed by atoms with Gasteiger partial charge >= 0.3 is 0 Å². The van der Waals surface area contributed by atoms with E-state index in [9.17, 15) is 9.59 Å². The van der Waals surface area contributed by atoms with Crippen LogP contribution in [-0.2, 0) is 9.59 Å². The highest BCUT2D eigenvalue weighted by molar-refractivity contribution is 5.87. The van der Waals surface area contributed by atoms with Gasteiger partial charge in [-0.1, -0.05) is 13.8 Å². The summed E-state index contributed by atoms with van der Waals surface area (Å²) in [6.45, 7) is 6.59. The molecule has 0 spiro atoms. The summed E-state index contributed by atoms with van der Waals surface area (Å²) in [7, 11) is 0. The SMILES string of the molecule is CC(=O)[C@@H]1CC[C@@]2(C)[C@H](CC[C@@H]3[C@@H]2CC[C@]2(C)C(=O)CC[C@@H]32)C1. The van der Waals surface area contributed by atoms with Crippen molar-refractivity contribution in [2.24, 2.45) is 40.4 Å². The van der Waals surface area contributed by atoms with Crippen LogP contribution in [0.2, 0.25) is 0 Å². The molecule has 4 saturated carbocycles. The van der Waals surface area contributed by atoms with Crippen molar-refractivity contribution in [2.75, 3.05) is 0 Å². The van der Waals surface area contributed by atoms with Gasteiger partial charge in [0, 0.05) is 17.8 Å². The minimum Gasteiger partial charge on any atom is -0.300 e. The molecular formula is C21H32O2. The maximum atomic E-state index is 12.4. The van der Waals surface area contributed by atoms with Crippen molar-refractivity contribution in [1.82, 2.24) is 0 Å². The number of hydrogen-bond donors (Lipinski definition) is 0. The number of carbonyl (C=O) groups is 2. The van der Waals surface area contributed by atoms with Crippen molar-refractivity contribution in [3.8, 4) is 0 Å². The van der Waals surface area contributed by atoms with Gasteiger partial charge in [-0.3, -0.25) is 9.59 Å². The number of ketones is 2. The number of hydrogen-bond acceptors (Lipinski definition) is 2. The Kier molecular flexibility index (Phi) is 3.56. The Morgan fingerprint density at radius 1 is 1.00 bits per heavy atom. The van der Waals surface area contributed by atoms with E-state index in [4.69, 9.17) is 0 Å². The number of fused-ring (bicyclic) bond motifs is 5. The summed E-state index contributed by atoms with van der Waals surface area (Å²) >= 11 is 0. The van der Waals surface area contributed by atoms with Crippen molar-refractivity contribution in [3.63, 3.8) is 0 Å². The molecule has 0 N–H and O–H groups in total. The Bertz CT molecular complexity index is 538. The first-order valence-corrected chi connectivity index (χ1v) is 9.90. The molecule has 0 aromatic rings. The van der Waals surface area contributed by atoms with Crippen LogP contribution >= 0.6 is 0 Å². The summed E-state index contributed by atoms with van der Waals surface area (Å²) in [6, 6.07) is 0. The second-order valence-corrected chi connectivity index (χ2v) is 9.66. The molecule has 23 heavy (non-hydrogen) atoms. The molecule has 0 bridgehead atoms. The fraction of sp³-hybridized carbons (Fsp3) is 0.905. The Labute approximate surface area is 140 Å². The number of Topliss-reactive ketones (excluding diaryl/α,β-unsaturated/α-hetero) is 2. The molecule has 0 saturated heterocycles. The smallest absolute Gasteiger partial charge is 0.139 e. The normalized spacial score (nSPS) is 52.5. The molecule has 0 aromatic carbocycles. The molecule has 128 valence electrons. The highest BCUT2D eigenvalue weighted by Crippen LogP contribution is 2.65. The summed E-state index contributed by atoms with van der Waals surface area (Å²) in [6.07, 6.45) is 10.4. The van der Waals surface area contributed by atoms with Crippen LogP contribution < -0.4 is 0 Å². The Morgan fingerprint density at radius 3 is 2.52 bits per heavy atom. The third-order valence-electron chi connectivity index (χ3n) is 8.95. The molecule has 0 radical (unpaired) electrons. The van der Waals surface area contributed by atoms with Crippen LogP contribution in [0.25, 0.3) is 0 Å². The monoisotopic (exact) mass is 316 g/mol. The highest BCUT2D eigenvalue weighted by Gasteiger charge is 2.60. The van der Waals surface area contributed by atoms with E-state index in [1.165, 1.54) is 25.7 Å². The van der Waals surface area contributed by atoms with Crippen LogP contribution in [0, 0.1) is 40.4 Å². The Balaban J connectivity index is 1.59. The van der Waals surface area contributed by atoms with E-state index in [0.717, 1.165) is 49.9 Å².